The van der Waals surface area contributed by atoms with Gasteiger partial charge in [-0.2, -0.15) is 0 Å². The number of rotatable bonds is 6. The molecular weight excluding hydrogens is 394 g/mol. The monoisotopic (exact) mass is 411 g/mol. The number of anilines is 1. The predicted octanol–water partition coefficient (Wildman–Crippen LogP) is 3.79. The summed E-state index contributed by atoms with van der Waals surface area (Å²) >= 11 is 1.15. The molecule has 0 aliphatic carbocycles. The fraction of sp³-hybridized carbons (Fsp3) is 0.200. The van der Waals surface area contributed by atoms with Crippen molar-refractivity contribution >= 4 is 29.1 Å². The van der Waals surface area contributed by atoms with Gasteiger partial charge in [-0.05, 0) is 44.2 Å². The van der Waals surface area contributed by atoms with E-state index in [2.05, 4.69) is 15.5 Å². The minimum Gasteiger partial charge on any atom is -0.454 e. The molecule has 4 rings (SSSR count). The number of carbonyl (C=O) groups excluding carboxylic acids is 2. The number of aromatic nitrogens is 2. The lowest BCUT2D eigenvalue weighted by Crippen LogP contribution is -2.22. The number of hydrogen-bond acceptors (Lipinski definition) is 8. The average molecular weight is 411 g/mol. The van der Waals surface area contributed by atoms with Gasteiger partial charge in [-0.1, -0.05) is 23.9 Å². The molecule has 2 aromatic carbocycles. The van der Waals surface area contributed by atoms with Gasteiger partial charge >= 0.3 is 0 Å². The van der Waals surface area contributed by atoms with Gasteiger partial charge in [0, 0.05) is 16.8 Å². The number of ether oxygens (including phenoxy) is 2. The highest BCUT2D eigenvalue weighted by Crippen LogP contribution is 2.36. The predicted molar refractivity (Wildman–Crippen MR) is 106 cm³/mol. The van der Waals surface area contributed by atoms with E-state index in [9.17, 15) is 9.59 Å². The molecule has 8 nitrogen and oxygen atoms in total. The Morgan fingerprint density at radius 2 is 1.93 bits per heavy atom. The lowest BCUT2D eigenvalue weighted by molar-refractivity contribution is -0.115. The van der Waals surface area contributed by atoms with Gasteiger partial charge in [-0.15, -0.1) is 10.2 Å². The highest BCUT2D eigenvalue weighted by atomic mass is 32.2. The van der Waals surface area contributed by atoms with Crippen molar-refractivity contribution in [2.75, 3.05) is 12.1 Å². The van der Waals surface area contributed by atoms with Crippen LogP contribution in [0.25, 0.3) is 11.5 Å². The van der Waals surface area contributed by atoms with E-state index < -0.39 is 5.25 Å². The van der Waals surface area contributed by atoms with Gasteiger partial charge in [0.1, 0.15) is 0 Å². The van der Waals surface area contributed by atoms with Crippen molar-refractivity contribution in [1.82, 2.24) is 10.2 Å². The molecule has 0 radical (unpaired) electrons. The number of ketones is 1. The zero-order valence-electron chi connectivity index (χ0n) is 15.7. The molecule has 0 unspecified atom stereocenters. The van der Waals surface area contributed by atoms with Crippen molar-refractivity contribution in [3.8, 4) is 23.0 Å². The molecule has 1 aromatic heterocycles. The Morgan fingerprint density at radius 1 is 1.10 bits per heavy atom. The Morgan fingerprint density at radius 3 is 2.76 bits per heavy atom. The molecule has 1 amide bonds. The Bertz CT molecular complexity index is 1080. The van der Waals surface area contributed by atoms with Crippen molar-refractivity contribution in [1.29, 1.82) is 0 Å². The van der Waals surface area contributed by atoms with Gasteiger partial charge in [0.05, 0.1) is 5.25 Å². The van der Waals surface area contributed by atoms with Crippen molar-refractivity contribution in [2.24, 2.45) is 0 Å². The number of benzene rings is 2. The Kier molecular flexibility index (Phi) is 5.22. The molecule has 29 heavy (non-hydrogen) atoms. The number of thioether (sulfide) groups is 1. The normalized spacial score (nSPS) is 13.2. The topological polar surface area (TPSA) is 104 Å². The Hall–Kier alpha value is -3.33. The zero-order chi connectivity index (χ0) is 20.4. The van der Waals surface area contributed by atoms with Crippen LogP contribution in [0.2, 0.25) is 0 Å². The van der Waals surface area contributed by atoms with Gasteiger partial charge in [0.25, 0.3) is 5.22 Å². The summed E-state index contributed by atoms with van der Waals surface area (Å²) in [6, 6.07) is 12.1. The molecule has 3 aromatic rings. The maximum absolute atomic E-state index is 12.5. The van der Waals surface area contributed by atoms with Crippen LogP contribution in [0.15, 0.2) is 52.1 Å². The van der Waals surface area contributed by atoms with Crippen LogP contribution in [0.4, 0.5) is 5.69 Å². The number of carbonyl (C=O) groups is 2. The van der Waals surface area contributed by atoms with E-state index >= 15 is 0 Å². The average Bonchev–Trinajstić information content (AvgIpc) is 3.36. The molecule has 0 bridgehead atoms. The minimum absolute atomic E-state index is 0.0644. The van der Waals surface area contributed by atoms with Crippen molar-refractivity contribution < 1.29 is 23.5 Å². The molecular formula is C20H17N3O5S. The molecule has 2 heterocycles. The summed E-state index contributed by atoms with van der Waals surface area (Å²) in [7, 11) is 0. The molecule has 148 valence electrons. The van der Waals surface area contributed by atoms with Crippen molar-refractivity contribution in [3.05, 3.63) is 48.0 Å². The largest absolute Gasteiger partial charge is 0.454 e. The Labute approximate surface area is 170 Å². The van der Waals surface area contributed by atoms with Crippen LogP contribution in [-0.4, -0.2) is 33.9 Å². The quantitative estimate of drug-likeness (QED) is 0.483. The minimum atomic E-state index is -0.485. The molecule has 1 atom stereocenters. The maximum atomic E-state index is 12.5. The molecule has 0 saturated carbocycles. The van der Waals surface area contributed by atoms with Crippen LogP contribution in [-0.2, 0) is 4.79 Å². The molecule has 0 saturated heterocycles. The summed E-state index contributed by atoms with van der Waals surface area (Å²) in [5, 5.41) is 10.6. The van der Waals surface area contributed by atoms with E-state index in [0.29, 0.717) is 34.2 Å². The van der Waals surface area contributed by atoms with Gasteiger partial charge in [-0.25, -0.2) is 0 Å². The molecule has 1 N–H and O–H groups in total. The van der Waals surface area contributed by atoms with E-state index in [4.69, 9.17) is 13.9 Å². The number of amides is 1. The third-order valence-corrected chi connectivity index (χ3v) is 5.14. The van der Waals surface area contributed by atoms with Crippen molar-refractivity contribution in [3.63, 3.8) is 0 Å². The zero-order valence-corrected chi connectivity index (χ0v) is 16.5. The highest BCUT2D eigenvalue weighted by Gasteiger charge is 2.20. The first-order valence-corrected chi connectivity index (χ1v) is 9.69. The molecule has 1 aliphatic heterocycles. The molecule has 0 fully saturated rings. The fourth-order valence-corrected chi connectivity index (χ4v) is 3.35. The van der Waals surface area contributed by atoms with Crippen LogP contribution >= 0.6 is 11.8 Å². The lowest BCUT2D eigenvalue weighted by atomic mass is 10.1. The summed E-state index contributed by atoms with van der Waals surface area (Å²) in [5.41, 5.74) is 1.79. The smallest absolute Gasteiger partial charge is 0.277 e. The van der Waals surface area contributed by atoms with E-state index in [1.807, 2.05) is 0 Å². The van der Waals surface area contributed by atoms with Gasteiger partial charge in [0.2, 0.25) is 18.6 Å². The van der Waals surface area contributed by atoms with Gasteiger partial charge in [-0.3, -0.25) is 9.59 Å². The lowest BCUT2D eigenvalue weighted by Gasteiger charge is -2.10. The molecule has 0 spiro atoms. The van der Waals surface area contributed by atoms with Gasteiger partial charge in [0.15, 0.2) is 17.3 Å². The number of Topliss-reactive ketones (excluding diaryl/α,β-unsaturated/α-hetero) is 1. The summed E-state index contributed by atoms with van der Waals surface area (Å²) < 4.78 is 16.3. The maximum Gasteiger partial charge on any atom is 0.277 e. The third-order valence-electron chi connectivity index (χ3n) is 4.21. The van der Waals surface area contributed by atoms with Crippen LogP contribution < -0.4 is 14.8 Å². The van der Waals surface area contributed by atoms with Gasteiger partial charge < -0.3 is 19.2 Å². The summed E-state index contributed by atoms with van der Waals surface area (Å²) in [6.45, 7) is 3.40. The van der Waals surface area contributed by atoms with Crippen LogP contribution in [0.1, 0.15) is 24.2 Å². The molecule has 9 heteroatoms. The van der Waals surface area contributed by atoms with Crippen LogP contribution in [0.3, 0.4) is 0 Å². The van der Waals surface area contributed by atoms with E-state index in [1.54, 1.807) is 49.4 Å². The first-order chi connectivity index (χ1) is 14.0. The van der Waals surface area contributed by atoms with Crippen molar-refractivity contribution in [2.45, 2.75) is 24.3 Å². The first-order valence-electron chi connectivity index (χ1n) is 8.81. The SMILES string of the molecule is CC(=O)c1cccc(NC(=O)[C@H](C)Sc2nnc(-c3ccc4c(c3)OCO4)o2)c1. The standard InChI is InChI=1S/C20H17N3O5S/c1-11(24)13-4-3-5-15(8-13)21-18(25)12(2)29-20-23-22-19(28-20)14-6-7-16-17(9-14)27-10-26-16/h3-9,12H,10H2,1-2H3,(H,21,25)/t12-/m0/s1. The number of nitrogens with zero attached hydrogens (tertiary/aromatic N) is 2. The second kappa shape index (κ2) is 7.96. The number of hydrogen-bond donors (Lipinski definition) is 1. The summed E-state index contributed by atoms with van der Waals surface area (Å²) in [6.07, 6.45) is 0. The Balaban J connectivity index is 1.41. The summed E-state index contributed by atoms with van der Waals surface area (Å²) in [5.74, 6) is 1.31. The van der Waals surface area contributed by atoms with E-state index in [-0.39, 0.29) is 23.7 Å². The van der Waals surface area contributed by atoms with E-state index in [0.717, 1.165) is 11.8 Å². The second-order valence-electron chi connectivity index (χ2n) is 6.33. The van der Waals surface area contributed by atoms with Crippen LogP contribution in [0, 0.1) is 0 Å². The highest BCUT2D eigenvalue weighted by molar-refractivity contribution is 8.00. The first kappa shape index (κ1) is 19.0. The van der Waals surface area contributed by atoms with E-state index in [1.165, 1.54) is 6.92 Å². The fourth-order valence-electron chi connectivity index (χ4n) is 2.67. The molecule has 1 aliphatic rings. The number of fused-ring (bicyclic) bond motifs is 1. The van der Waals surface area contributed by atoms with Crippen LogP contribution in [0.5, 0.6) is 11.5 Å². The second-order valence-corrected chi connectivity index (χ2v) is 7.62. The summed E-state index contributed by atoms with van der Waals surface area (Å²) in [4.78, 5) is 23.9. The number of nitrogens with one attached hydrogen (secondary N) is 1. The third kappa shape index (κ3) is 4.24.